The maximum atomic E-state index is 9.51. The van der Waals surface area contributed by atoms with Crippen molar-refractivity contribution in [3.05, 3.63) is 17.3 Å². The van der Waals surface area contributed by atoms with Crippen molar-refractivity contribution >= 4 is 22.1 Å². The summed E-state index contributed by atoms with van der Waals surface area (Å²) in [5.41, 5.74) is 0.878. The van der Waals surface area contributed by atoms with Gasteiger partial charge >= 0.3 is 0 Å². The predicted molar refractivity (Wildman–Crippen MR) is 66.6 cm³/mol. The third-order valence-corrected chi connectivity index (χ3v) is 3.77. The first-order valence-corrected chi connectivity index (χ1v) is 6.66. The van der Waals surface area contributed by atoms with Crippen LogP contribution in [0, 0.1) is 0 Å². The van der Waals surface area contributed by atoms with Gasteiger partial charge in [-0.1, -0.05) is 0 Å². The summed E-state index contributed by atoms with van der Waals surface area (Å²) in [5.74, 6) is 0.907. The van der Waals surface area contributed by atoms with E-state index in [1.54, 1.807) is 11.3 Å². The molecule has 2 aromatic rings. The summed E-state index contributed by atoms with van der Waals surface area (Å²) in [5, 5.41) is 11.5. The second-order valence-electron chi connectivity index (χ2n) is 4.05. The van der Waals surface area contributed by atoms with Gasteiger partial charge in [-0.25, -0.2) is 4.98 Å². The Morgan fingerprint density at radius 3 is 3.24 bits per heavy atom. The van der Waals surface area contributed by atoms with Crippen LogP contribution in [-0.2, 0) is 11.3 Å². The summed E-state index contributed by atoms with van der Waals surface area (Å²) in [6.45, 7) is 3.35. The highest BCUT2D eigenvalue weighted by Crippen LogP contribution is 2.25. The monoisotopic (exact) mass is 253 g/mol. The fourth-order valence-electron chi connectivity index (χ4n) is 2.18. The van der Waals surface area contributed by atoms with Crippen molar-refractivity contribution in [2.45, 2.75) is 13.0 Å². The lowest BCUT2D eigenvalue weighted by Gasteiger charge is -2.20. The van der Waals surface area contributed by atoms with Crippen LogP contribution < -0.4 is 4.90 Å². The van der Waals surface area contributed by atoms with Crippen LogP contribution in [0.5, 0.6) is 0 Å². The number of hydrogen-bond donors (Lipinski definition) is 1. The Labute approximate surface area is 103 Å². The summed E-state index contributed by atoms with van der Waals surface area (Å²) in [6, 6.07) is 0. The van der Waals surface area contributed by atoms with E-state index in [2.05, 4.69) is 9.88 Å². The van der Waals surface area contributed by atoms with Crippen molar-refractivity contribution in [2.75, 3.05) is 31.2 Å². The van der Waals surface area contributed by atoms with Gasteiger partial charge in [0, 0.05) is 31.3 Å². The van der Waals surface area contributed by atoms with Gasteiger partial charge in [0.05, 0.1) is 18.9 Å². The lowest BCUT2D eigenvalue weighted by molar-refractivity contribution is 0.152. The Hall–Kier alpha value is -1.11. The number of aliphatic hydroxyl groups is 1. The van der Waals surface area contributed by atoms with Crippen molar-refractivity contribution in [3.8, 4) is 0 Å². The molecule has 3 heterocycles. The number of ether oxygens (including phenoxy) is 1. The fourth-order valence-corrected chi connectivity index (χ4v) is 2.91. The average molecular weight is 253 g/mol. The molecule has 1 aliphatic heterocycles. The molecule has 17 heavy (non-hydrogen) atoms. The molecular formula is C11H15N3O2S. The highest BCUT2D eigenvalue weighted by molar-refractivity contribution is 7.15. The molecule has 5 nitrogen and oxygen atoms in total. The van der Waals surface area contributed by atoms with E-state index in [1.807, 2.05) is 16.0 Å². The topological polar surface area (TPSA) is 50.0 Å². The van der Waals surface area contributed by atoms with Gasteiger partial charge in [-0.15, -0.1) is 11.3 Å². The lowest BCUT2D eigenvalue weighted by Crippen LogP contribution is -2.27. The molecule has 6 heteroatoms. The van der Waals surface area contributed by atoms with Crippen LogP contribution in [0.3, 0.4) is 0 Å². The van der Waals surface area contributed by atoms with Gasteiger partial charge in [-0.3, -0.25) is 4.40 Å². The van der Waals surface area contributed by atoms with E-state index >= 15 is 0 Å². The lowest BCUT2D eigenvalue weighted by atomic mass is 10.3. The number of imidazole rings is 1. The molecule has 0 saturated carbocycles. The summed E-state index contributed by atoms with van der Waals surface area (Å²) in [7, 11) is 0. The molecule has 0 spiro atoms. The summed E-state index contributed by atoms with van der Waals surface area (Å²) >= 11 is 1.59. The third kappa shape index (κ3) is 1.92. The highest BCUT2D eigenvalue weighted by Gasteiger charge is 2.19. The van der Waals surface area contributed by atoms with Crippen LogP contribution in [0.1, 0.15) is 12.1 Å². The van der Waals surface area contributed by atoms with Crippen LogP contribution in [0.4, 0.5) is 5.82 Å². The van der Waals surface area contributed by atoms with E-state index < -0.39 is 0 Å². The predicted octanol–water partition coefficient (Wildman–Crippen LogP) is 1.11. The molecular weight excluding hydrogens is 238 g/mol. The molecule has 3 rings (SSSR count). The third-order valence-electron chi connectivity index (χ3n) is 3.01. The number of hydrogen-bond acceptors (Lipinski definition) is 5. The van der Waals surface area contributed by atoms with Crippen molar-refractivity contribution < 1.29 is 9.84 Å². The van der Waals surface area contributed by atoms with E-state index in [0.29, 0.717) is 0 Å². The Balaban J connectivity index is 1.99. The van der Waals surface area contributed by atoms with Crippen LogP contribution in [0.25, 0.3) is 4.96 Å². The van der Waals surface area contributed by atoms with Gasteiger partial charge in [0.15, 0.2) is 10.8 Å². The molecule has 0 atom stereocenters. The number of rotatable bonds is 2. The Bertz CT molecular complexity index is 500. The number of thiazole rings is 1. The van der Waals surface area contributed by atoms with E-state index in [-0.39, 0.29) is 6.61 Å². The van der Waals surface area contributed by atoms with Gasteiger partial charge in [-0.2, -0.15) is 0 Å². The van der Waals surface area contributed by atoms with Crippen molar-refractivity contribution in [2.24, 2.45) is 0 Å². The van der Waals surface area contributed by atoms with Crippen molar-refractivity contribution in [1.82, 2.24) is 9.38 Å². The van der Waals surface area contributed by atoms with Gasteiger partial charge < -0.3 is 14.7 Å². The molecule has 0 bridgehead atoms. The number of anilines is 1. The zero-order chi connectivity index (χ0) is 11.7. The van der Waals surface area contributed by atoms with Gasteiger partial charge in [0.2, 0.25) is 0 Å². The molecule has 0 amide bonds. The molecule has 1 aliphatic rings. The van der Waals surface area contributed by atoms with E-state index in [4.69, 9.17) is 4.74 Å². The number of aliphatic hydroxyl groups excluding tert-OH is 1. The molecule has 0 aromatic carbocycles. The summed E-state index contributed by atoms with van der Waals surface area (Å²) in [6.07, 6.45) is 2.96. The van der Waals surface area contributed by atoms with Crippen LogP contribution >= 0.6 is 11.3 Å². The fraction of sp³-hybridized carbons (Fsp3) is 0.545. The van der Waals surface area contributed by atoms with Crippen molar-refractivity contribution in [1.29, 1.82) is 0 Å². The largest absolute Gasteiger partial charge is 0.390 e. The zero-order valence-corrected chi connectivity index (χ0v) is 10.3. The standard InChI is InChI=1S/C11H15N3O2S/c15-8-9-10(12-11-14(9)4-7-17-11)13-2-1-5-16-6-3-13/h4,7,15H,1-3,5-6,8H2. The first kappa shape index (κ1) is 11.0. The quantitative estimate of drug-likeness (QED) is 0.871. The molecule has 92 valence electrons. The smallest absolute Gasteiger partial charge is 0.195 e. The van der Waals surface area contributed by atoms with Crippen LogP contribution in [0.15, 0.2) is 11.6 Å². The SMILES string of the molecule is OCc1c(N2CCCOCC2)nc2sccn12. The Morgan fingerprint density at radius 1 is 1.41 bits per heavy atom. The van der Waals surface area contributed by atoms with E-state index in [9.17, 15) is 5.11 Å². The maximum absolute atomic E-state index is 9.51. The zero-order valence-electron chi connectivity index (χ0n) is 9.50. The minimum absolute atomic E-state index is 0.0184. The molecule has 1 fully saturated rings. The molecule has 2 aromatic heterocycles. The molecule has 0 radical (unpaired) electrons. The van der Waals surface area contributed by atoms with Crippen LogP contribution in [-0.4, -0.2) is 40.8 Å². The molecule has 1 N–H and O–H groups in total. The van der Waals surface area contributed by atoms with E-state index in [1.165, 1.54) is 0 Å². The first-order valence-electron chi connectivity index (χ1n) is 5.78. The summed E-state index contributed by atoms with van der Waals surface area (Å²) in [4.78, 5) is 7.75. The Morgan fingerprint density at radius 2 is 2.35 bits per heavy atom. The second-order valence-corrected chi connectivity index (χ2v) is 4.92. The average Bonchev–Trinajstić information content (AvgIpc) is 2.80. The highest BCUT2D eigenvalue weighted by atomic mass is 32.1. The first-order chi connectivity index (χ1) is 8.40. The second kappa shape index (κ2) is 4.64. The number of nitrogens with zero attached hydrogens (tertiary/aromatic N) is 3. The van der Waals surface area contributed by atoms with Gasteiger partial charge in [0.25, 0.3) is 0 Å². The van der Waals surface area contributed by atoms with Gasteiger partial charge in [-0.05, 0) is 6.42 Å². The van der Waals surface area contributed by atoms with E-state index in [0.717, 1.165) is 49.2 Å². The molecule has 0 unspecified atom stereocenters. The molecule has 1 saturated heterocycles. The Kier molecular flexibility index (Phi) is 3.00. The normalized spacial score (nSPS) is 17.6. The summed E-state index contributed by atoms with van der Waals surface area (Å²) < 4.78 is 7.40. The number of aromatic nitrogens is 2. The minimum atomic E-state index is 0.0184. The maximum Gasteiger partial charge on any atom is 0.195 e. The molecule has 0 aliphatic carbocycles. The number of fused-ring (bicyclic) bond motifs is 1. The minimum Gasteiger partial charge on any atom is -0.390 e. The van der Waals surface area contributed by atoms with Gasteiger partial charge in [0.1, 0.15) is 0 Å². The van der Waals surface area contributed by atoms with Crippen LogP contribution in [0.2, 0.25) is 0 Å². The van der Waals surface area contributed by atoms with Crippen molar-refractivity contribution in [3.63, 3.8) is 0 Å².